The lowest BCUT2D eigenvalue weighted by atomic mass is 10.2. The molecular weight excluding hydrogens is 343 g/mol. The molecule has 24 heavy (non-hydrogen) atoms. The third kappa shape index (κ3) is 3.74. The van der Waals surface area contributed by atoms with Gasteiger partial charge in [-0.05, 0) is 35.4 Å². The summed E-state index contributed by atoms with van der Waals surface area (Å²) in [5, 5.41) is 3.28. The van der Waals surface area contributed by atoms with E-state index in [0.717, 1.165) is 0 Å². The molecule has 0 aliphatic carbocycles. The van der Waals surface area contributed by atoms with Crippen LogP contribution in [0.2, 0.25) is 0 Å². The van der Waals surface area contributed by atoms with Crippen LogP contribution in [0.25, 0.3) is 11.4 Å². The van der Waals surface area contributed by atoms with Crippen LogP contribution in [-0.4, -0.2) is 19.7 Å². The minimum atomic E-state index is -4.69. The highest BCUT2D eigenvalue weighted by Crippen LogP contribution is 2.29. The van der Waals surface area contributed by atoms with E-state index in [-0.39, 0.29) is 17.1 Å². The van der Waals surface area contributed by atoms with Crippen molar-refractivity contribution in [3.63, 3.8) is 0 Å². The maximum Gasteiger partial charge on any atom is 0.471 e. The molecule has 3 aromatic rings. The minimum absolute atomic E-state index is 0.199. The molecule has 3 rings (SSSR count). The van der Waals surface area contributed by atoms with Gasteiger partial charge in [0.1, 0.15) is 0 Å². The van der Waals surface area contributed by atoms with Crippen molar-refractivity contribution >= 4 is 11.2 Å². The van der Waals surface area contributed by atoms with E-state index in [1.807, 2.05) is 6.07 Å². The van der Waals surface area contributed by atoms with E-state index < -0.39 is 23.2 Å². The number of aromatic nitrogens is 3. The van der Waals surface area contributed by atoms with Gasteiger partial charge in [0.05, 0.1) is 5.69 Å². The quantitative estimate of drug-likeness (QED) is 0.672. The third-order valence-corrected chi connectivity index (χ3v) is 4.39. The molecule has 0 fully saturated rings. The summed E-state index contributed by atoms with van der Waals surface area (Å²) < 4.78 is 53.7. The first-order valence-electron chi connectivity index (χ1n) is 6.73. The molecule has 0 bridgehead atoms. The molecule has 5 nitrogen and oxygen atoms in total. The molecule has 1 atom stereocenters. The first kappa shape index (κ1) is 16.5. The number of benzene rings is 1. The summed E-state index contributed by atoms with van der Waals surface area (Å²) in [6.07, 6.45) is -3.37. The first-order valence-corrected chi connectivity index (χ1v) is 8.05. The summed E-state index contributed by atoms with van der Waals surface area (Å²) in [4.78, 5) is 8.06. The van der Waals surface area contributed by atoms with Gasteiger partial charge < -0.3 is 9.08 Å². The monoisotopic (exact) mass is 353 g/mol. The fourth-order valence-electron chi connectivity index (χ4n) is 1.89. The zero-order valence-corrected chi connectivity index (χ0v) is 12.8. The van der Waals surface area contributed by atoms with Crippen LogP contribution in [0.5, 0.6) is 0 Å². The molecular formula is C15H10F3N3O2S. The molecule has 0 amide bonds. The normalized spacial score (nSPS) is 13.0. The molecule has 0 saturated heterocycles. The van der Waals surface area contributed by atoms with E-state index in [9.17, 15) is 17.7 Å². The molecule has 0 saturated carbocycles. The Balaban J connectivity index is 1.73. The van der Waals surface area contributed by atoms with Gasteiger partial charge in [-0.2, -0.15) is 18.2 Å². The predicted molar refractivity (Wildman–Crippen MR) is 79.1 cm³/mol. The van der Waals surface area contributed by atoms with Gasteiger partial charge in [0.2, 0.25) is 5.82 Å². The van der Waals surface area contributed by atoms with E-state index in [0.29, 0.717) is 10.6 Å². The van der Waals surface area contributed by atoms with Crippen LogP contribution in [0.3, 0.4) is 0 Å². The molecule has 1 aromatic carbocycles. The molecule has 0 radical (unpaired) electrons. The maximum atomic E-state index is 12.4. The Bertz CT molecular complexity index is 807. The van der Waals surface area contributed by atoms with Gasteiger partial charge in [-0.3, -0.25) is 4.98 Å². The van der Waals surface area contributed by atoms with Crippen molar-refractivity contribution in [3.05, 3.63) is 60.2 Å². The fraction of sp³-hybridized carbons (Fsp3) is 0.133. The van der Waals surface area contributed by atoms with Crippen LogP contribution in [0.15, 0.2) is 58.1 Å². The number of hydrogen-bond donors (Lipinski definition) is 0. The van der Waals surface area contributed by atoms with Crippen LogP contribution in [-0.2, 0) is 23.1 Å². The second-order valence-corrected chi connectivity index (χ2v) is 6.21. The van der Waals surface area contributed by atoms with Crippen LogP contribution < -0.4 is 0 Å². The highest BCUT2D eigenvalue weighted by molar-refractivity contribution is 7.90. The van der Waals surface area contributed by atoms with Gasteiger partial charge >= 0.3 is 12.1 Å². The molecule has 0 spiro atoms. The van der Waals surface area contributed by atoms with Gasteiger partial charge in [-0.15, -0.1) is 0 Å². The van der Waals surface area contributed by atoms with Gasteiger partial charge in [0.15, 0.2) is 10.6 Å². The highest BCUT2D eigenvalue weighted by atomic mass is 32.2. The average molecular weight is 353 g/mol. The smallest absolute Gasteiger partial charge is 0.471 e. The van der Waals surface area contributed by atoms with E-state index in [1.54, 1.807) is 30.3 Å². The summed E-state index contributed by atoms with van der Waals surface area (Å²) in [5.74, 6) is -1.41. The highest BCUT2D eigenvalue weighted by Gasteiger charge is 2.38. The van der Waals surface area contributed by atoms with Crippen molar-refractivity contribution in [2.45, 2.75) is 16.8 Å². The SMILES string of the molecule is [O-][S+](Cc1ccc(-c2noc(C(F)(F)F)n2)cn1)c1ccccc1. The van der Waals surface area contributed by atoms with Crippen molar-refractivity contribution in [3.8, 4) is 11.4 Å². The van der Waals surface area contributed by atoms with E-state index in [2.05, 4.69) is 19.6 Å². The zero-order valence-electron chi connectivity index (χ0n) is 12.0. The summed E-state index contributed by atoms with van der Waals surface area (Å²) >= 11 is -1.25. The standard InChI is InChI=1S/C15H10F3N3O2S/c16-15(17,18)14-20-13(21-23-14)10-6-7-11(19-8-10)9-24(22)12-4-2-1-3-5-12/h1-8H,9H2. The van der Waals surface area contributed by atoms with E-state index in [4.69, 9.17) is 0 Å². The van der Waals surface area contributed by atoms with E-state index in [1.165, 1.54) is 12.3 Å². The Hall–Kier alpha value is -2.39. The summed E-state index contributed by atoms with van der Waals surface area (Å²) in [5.41, 5.74) is 0.823. The third-order valence-electron chi connectivity index (χ3n) is 3.04. The largest absolute Gasteiger partial charge is 0.611 e. The molecule has 2 aromatic heterocycles. The van der Waals surface area contributed by atoms with Gasteiger partial charge in [0, 0.05) is 11.8 Å². The number of rotatable bonds is 4. The van der Waals surface area contributed by atoms with Crippen LogP contribution in [0.1, 0.15) is 11.6 Å². The molecule has 124 valence electrons. The Morgan fingerprint density at radius 3 is 2.42 bits per heavy atom. The number of halogens is 3. The number of pyridine rings is 1. The Kier molecular flexibility index (Phi) is 4.54. The Labute approximate surface area is 137 Å². The molecule has 9 heteroatoms. The predicted octanol–water partition coefficient (Wildman–Crippen LogP) is 3.46. The minimum Gasteiger partial charge on any atom is -0.611 e. The van der Waals surface area contributed by atoms with Crippen LogP contribution in [0, 0.1) is 0 Å². The summed E-state index contributed by atoms with van der Waals surface area (Å²) in [6, 6.07) is 12.0. The summed E-state index contributed by atoms with van der Waals surface area (Å²) in [7, 11) is 0. The van der Waals surface area contributed by atoms with Crippen LogP contribution in [0.4, 0.5) is 13.2 Å². The number of nitrogens with zero attached hydrogens (tertiary/aromatic N) is 3. The van der Waals surface area contributed by atoms with Gasteiger partial charge in [-0.1, -0.05) is 23.4 Å². The number of alkyl halides is 3. The lowest BCUT2D eigenvalue weighted by molar-refractivity contribution is -0.159. The van der Waals surface area contributed by atoms with Gasteiger partial charge in [-0.25, -0.2) is 0 Å². The second kappa shape index (κ2) is 6.62. The zero-order chi connectivity index (χ0) is 17.2. The topological polar surface area (TPSA) is 74.9 Å². The Morgan fingerprint density at radius 1 is 1.08 bits per heavy atom. The molecule has 0 aliphatic heterocycles. The van der Waals surface area contributed by atoms with Crippen molar-refractivity contribution < 1.29 is 22.2 Å². The van der Waals surface area contributed by atoms with Gasteiger partial charge in [0.25, 0.3) is 0 Å². The fourth-order valence-corrected chi connectivity index (χ4v) is 2.95. The average Bonchev–Trinajstić information content (AvgIpc) is 3.07. The van der Waals surface area contributed by atoms with Crippen molar-refractivity contribution in [2.24, 2.45) is 0 Å². The van der Waals surface area contributed by atoms with Crippen molar-refractivity contribution in [1.82, 2.24) is 15.1 Å². The second-order valence-electron chi connectivity index (χ2n) is 4.76. The lowest BCUT2D eigenvalue weighted by Gasteiger charge is -2.09. The number of hydrogen-bond acceptors (Lipinski definition) is 5. The molecule has 0 aliphatic rings. The Morgan fingerprint density at radius 2 is 1.83 bits per heavy atom. The molecule has 1 unspecified atom stereocenters. The first-order chi connectivity index (χ1) is 11.4. The summed E-state index contributed by atoms with van der Waals surface area (Å²) in [6.45, 7) is 0. The van der Waals surface area contributed by atoms with E-state index >= 15 is 0 Å². The maximum absolute atomic E-state index is 12.4. The van der Waals surface area contributed by atoms with Crippen LogP contribution >= 0.6 is 0 Å². The van der Waals surface area contributed by atoms with Crippen molar-refractivity contribution in [1.29, 1.82) is 0 Å². The molecule has 2 heterocycles. The molecule has 0 N–H and O–H groups in total. The van der Waals surface area contributed by atoms with Crippen molar-refractivity contribution in [2.75, 3.05) is 0 Å². The lowest BCUT2D eigenvalue weighted by Crippen LogP contribution is -2.06.